The Morgan fingerprint density at radius 3 is 2.35 bits per heavy atom. The molecule has 1 heterocycles. The highest BCUT2D eigenvalue weighted by atomic mass is 16.6. The van der Waals surface area contributed by atoms with Crippen LogP contribution in [0, 0.1) is 10.1 Å². The summed E-state index contributed by atoms with van der Waals surface area (Å²) in [6.07, 6.45) is -0.301. The molecule has 1 amide bonds. The molecule has 0 unspecified atom stereocenters. The minimum absolute atomic E-state index is 0.208. The second-order valence-electron chi connectivity index (χ2n) is 6.01. The Bertz CT molecular complexity index is 346. The van der Waals surface area contributed by atoms with Crippen molar-refractivity contribution in [3.8, 4) is 0 Å². The van der Waals surface area contributed by atoms with Gasteiger partial charge in [0.2, 0.25) is 5.54 Å². The molecule has 116 valence electrons. The highest BCUT2D eigenvalue weighted by molar-refractivity contribution is 5.67. The second kappa shape index (κ2) is 6.85. The van der Waals surface area contributed by atoms with Gasteiger partial charge in [-0.05, 0) is 20.8 Å². The van der Waals surface area contributed by atoms with Gasteiger partial charge in [-0.15, -0.1) is 0 Å². The maximum Gasteiger partial charge on any atom is 0.407 e. The third kappa shape index (κ3) is 5.30. The van der Waals surface area contributed by atoms with Crippen LogP contribution < -0.4 is 16.0 Å². The van der Waals surface area contributed by atoms with Crippen molar-refractivity contribution in [2.75, 3.05) is 32.7 Å². The number of amides is 1. The van der Waals surface area contributed by atoms with E-state index >= 15 is 0 Å². The molecule has 20 heavy (non-hydrogen) atoms. The molecule has 1 saturated heterocycles. The summed E-state index contributed by atoms with van der Waals surface area (Å²) in [4.78, 5) is 22.6. The number of ether oxygens (including phenoxy) is 1. The Hall–Kier alpha value is -1.41. The van der Waals surface area contributed by atoms with Crippen LogP contribution >= 0.6 is 0 Å². The van der Waals surface area contributed by atoms with E-state index in [1.54, 1.807) is 20.8 Å². The molecule has 0 aromatic rings. The van der Waals surface area contributed by atoms with Gasteiger partial charge in [-0.3, -0.25) is 10.1 Å². The Kier molecular flexibility index (Phi) is 5.70. The zero-order valence-electron chi connectivity index (χ0n) is 12.3. The van der Waals surface area contributed by atoms with Crippen molar-refractivity contribution in [3.05, 3.63) is 10.1 Å². The van der Waals surface area contributed by atoms with Crippen molar-refractivity contribution in [1.29, 1.82) is 0 Å². The van der Waals surface area contributed by atoms with Crippen LogP contribution in [0.4, 0.5) is 4.79 Å². The van der Waals surface area contributed by atoms with Gasteiger partial charge in [0.1, 0.15) is 5.60 Å². The van der Waals surface area contributed by atoms with Crippen molar-refractivity contribution in [1.82, 2.24) is 16.0 Å². The van der Waals surface area contributed by atoms with E-state index in [9.17, 15) is 14.9 Å². The van der Waals surface area contributed by atoms with Crippen LogP contribution in [-0.4, -0.2) is 54.9 Å². The average molecular weight is 288 g/mol. The van der Waals surface area contributed by atoms with Gasteiger partial charge in [-0.2, -0.15) is 0 Å². The summed E-state index contributed by atoms with van der Waals surface area (Å²) in [5.74, 6) is 0. The second-order valence-corrected chi connectivity index (χ2v) is 6.01. The predicted molar refractivity (Wildman–Crippen MR) is 74.3 cm³/mol. The van der Waals surface area contributed by atoms with Crippen LogP contribution in [0.3, 0.4) is 0 Å². The first-order valence-corrected chi connectivity index (χ1v) is 6.78. The Labute approximate surface area is 118 Å². The van der Waals surface area contributed by atoms with E-state index < -0.39 is 17.2 Å². The van der Waals surface area contributed by atoms with Crippen LogP contribution in [0.5, 0.6) is 0 Å². The van der Waals surface area contributed by atoms with Crippen LogP contribution in [0.2, 0.25) is 0 Å². The van der Waals surface area contributed by atoms with Gasteiger partial charge in [0.05, 0.1) is 13.1 Å². The third-order valence-corrected chi connectivity index (χ3v) is 3.03. The number of carbonyl (C=O) groups excluding carboxylic acids is 1. The Morgan fingerprint density at radius 1 is 1.35 bits per heavy atom. The molecular weight excluding hydrogens is 264 g/mol. The quantitative estimate of drug-likeness (QED) is 0.501. The van der Waals surface area contributed by atoms with E-state index in [0.717, 1.165) is 0 Å². The predicted octanol–water partition coefficient (Wildman–Crippen LogP) is 0.110. The molecule has 1 fully saturated rings. The maximum absolute atomic E-state index is 11.5. The summed E-state index contributed by atoms with van der Waals surface area (Å²) >= 11 is 0. The molecular formula is C12H24N4O4. The lowest BCUT2D eigenvalue weighted by Crippen LogP contribution is -2.53. The molecule has 0 aromatic heterocycles. The number of rotatable bonds is 4. The van der Waals surface area contributed by atoms with Gasteiger partial charge in [-0.1, -0.05) is 0 Å². The topological polar surface area (TPSA) is 106 Å². The molecule has 1 rings (SSSR count). The first-order chi connectivity index (χ1) is 9.25. The van der Waals surface area contributed by atoms with Crippen molar-refractivity contribution in [3.63, 3.8) is 0 Å². The molecule has 8 heteroatoms. The van der Waals surface area contributed by atoms with Crippen LogP contribution in [0.1, 0.15) is 27.2 Å². The highest BCUT2D eigenvalue weighted by Gasteiger charge is 2.42. The van der Waals surface area contributed by atoms with Gasteiger partial charge >= 0.3 is 6.09 Å². The van der Waals surface area contributed by atoms with Crippen molar-refractivity contribution in [2.24, 2.45) is 0 Å². The Morgan fingerprint density at radius 2 is 1.90 bits per heavy atom. The molecule has 0 aliphatic carbocycles. The number of nitro groups is 1. The number of nitrogens with one attached hydrogen (secondary N) is 3. The van der Waals surface area contributed by atoms with E-state index in [-0.39, 0.29) is 17.9 Å². The lowest BCUT2D eigenvalue weighted by molar-refractivity contribution is -0.565. The molecule has 0 radical (unpaired) electrons. The van der Waals surface area contributed by atoms with Crippen molar-refractivity contribution < 1.29 is 14.5 Å². The third-order valence-electron chi connectivity index (χ3n) is 3.03. The fraction of sp³-hybridized carbons (Fsp3) is 0.917. The highest BCUT2D eigenvalue weighted by Crippen LogP contribution is 2.14. The first-order valence-electron chi connectivity index (χ1n) is 6.78. The maximum atomic E-state index is 11.5. The lowest BCUT2D eigenvalue weighted by Gasteiger charge is -2.24. The lowest BCUT2D eigenvalue weighted by atomic mass is 9.96. The first kappa shape index (κ1) is 16.6. The molecule has 0 bridgehead atoms. The molecule has 0 saturated carbocycles. The largest absolute Gasteiger partial charge is 0.444 e. The summed E-state index contributed by atoms with van der Waals surface area (Å²) in [7, 11) is 0. The van der Waals surface area contributed by atoms with Gasteiger partial charge in [0.25, 0.3) is 0 Å². The van der Waals surface area contributed by atoms with Gasteiger partial charge in [0.15, 0.2) is 0 Å². The van der Waals surface area contributed by atoms with Crippen molar-refractivity contribution in [2.45, 2.75) is 38.3 Å². The monoisotopic (exact) mass is 288 g/mol. The van der Waals surface area contributed by atoms with Crippen LogP contribution in [0.15, 0.2) is 0 Å². The van der Waals surface area contributed by atoms with E-state index in [2.05, 4.69) is 16.0 Å². The smallest absolute Gasteiger partial charge is 0.407 e. The number of carbonyl (C=O) groups is 1. The summed E-state index contributed by atoms with van der Waals surface area (Å²) in [5, 5.41) is 20.0. The van der Waals surface area contributed by atoms with E-state index in [0.29, 0.717) is 26.2 Å². The van der Waals surface area contributed by atoms with E-state index in [1.165, 1.54) is 0 Å². The normalized spacial score (nSPS) is 18.9. The fourth-order valence-corrected chi connectivity index (χ4v) is 1.99. The van der Waals surface area contributed by atoms with Gasteiger partial charge < -0.3 is 20.7 Å². The number of nitrogens with zero attached hydrogens (tertiary/aromatic N) is 1. The summed E-state index contributed by atoms with van der Waals surface area (Å²) in [6, 6.07) is 0. The summed E-state index contributed by atoms with van der Waals surface area (Å²) < 4.78 is 5.09. The van der Waals surface area contributed by atoms with Crippen LogP contribution in [0.25, 0.3) is 0 Å². The number of hydrogen-bond donors (Lipinski definition) is 3. The summed E-state index contributed by atoms with van der Waals surface area (Å²) in [5.41, 5.74) is -1.66. The SMILES string of the molecule is CC(C)(C)OC(=O)NCCC1([N+](=O)[O-])CNCCNC1. The summed E-state index contributed by atoms with van der Waals surface area (Å²) in [6.45, 7) is 7.51. The molecule has 0 atom stereocenters. The van der Waals surface area contributed by atoms with Gasteiger partial charge in [0, 0.05) is 31.0 Å². The standard InChI is InChI=1S/C12H24N4O4/c1-11(2,3)20-10(17)15-5-4-12(16(18)19)8-13-6-7-14-9-12/h13-14H,4-9H2,1-3H3,(H,15,17). The molecule has 8 nitrogen and oxygen atoms in total. The molecule has 1 aliphatic heterocycles. The Balaban J connectivity index is 2.47. The molecule has 0 aromatic carbocycles. The molecule has 0 spiro atoms. The minimum atomic E-state index is -1.09. The number of hydrogen-bond acceptors (Lipinski definition) is 6. The fourth-order valence-electron chi connectivity index (χ4n) is 1.99. The zero-order valence-corrected chi connectivity index (χ0v) is 12.3. The average Bonchev–Trinajstić information content (AvgIpc) is 2.53. The molecule has 1 aliphatic rings. The molecule has 3 N–H and O–H groups in total. The van der Waals surface area contributed by atoms with Crippen LogP contribution in [-0.2, 0) is 4.74 Å². The van der Waals surface area contributed by atoms with E-state index in [1.807, 2.05) is 0 Å². The van der Waals surface area contributed by atoms with Crippen molar-refractivity contribution >= 4 is 6.09 Å². The van der Waals surface area contributed by atoms with Gasteiger partial charge in [-0.25, -0.2) is 4.79 Å². The number of alkyl carbamates (subject to hydrolysis) is 1. The van der Waals surface area contributed by atoms with E-state index in [4.69, 9.17) is 4.74 Å². The zero-order chi connectivity index (χ0) is 15.2. The minimum Gasteiger partial charge on any atom is -0.444 e.